The van der Waals surface area contributed by atoms with E-state index in [2.05, 4.69) is 21.7 Å². The summed E-state index contributed by atoms with van der Waals surface area (Å²) in [6.07, 6.45) is 8.31. The van der Waals surface area contributed by atoms with Gasteiger partial charge in [0, 0.05) is 23.5 Å². The van der Waals surface area contributed by atoms with Crippen molar-refractivity contribution >= 4 is 17.5 Å². The summed E-state index contributed by atoms with van der Waals surface area (Å²) in [6.45, 7) is 3.98. The first-order valence-electron chi connectivity index (χ1n) is 9.68. The van der Waals surface area contributed by atoms with Gasteiger partial charge in [-0.1, -0.05) is 31.7 Å². The van der Waals surface area contributed by atoms with E-state index in [9.17, 15) is 9.59 Å². The summed E-state index contributed by atoms with van der Waals surface area (Å²) < 4.78 is 0. The molecular weight excluding hydrogens is 338 g/mol. The standard InChI is InChI=1S/C22H27N3O2/c1-15-11-16(2)13-19(12-15)25-21(26)17-9-10-23-20(14-17)22(27)24-18-7-5-3-4-6-8-18/h9-14,18H,3-8H2,1-2H3,(H,24,27)(H,25,26). The molecule has 5 nitrogen and oxygen atoms in total. The lowest BCUT2D eigenvalue weighted by atomic mass is 10.1. The van der Waals surface area contributed by atoms with Crippen LogP contribution in [0.25, 0.3) is 0 Å². The number of rotatable bonds is 4. The molecular formula is C22H27N3O2. The van der Waals surface area contributed by atoms with Gasteiger partial charge >= 0.3 is 0 Å². The van der Waals surface area contributed by atoms with Gasteiger partial charge in [0.15, 0.2) is 0 Å². The Morgan fingerprint density at radius 3 is 2.26 bits per heavy atom. The Balaban J connectivity index is 1.68. The Kier molecular flexibility index (Phi) is 6.22. The Morgan fingerprint density at radius 1 is 0.926 bits per heavy atom. The van der Waals surface area contributed by atoms with Gasteiger partial charge in [0.1, 0.15) is 5.69 Å². The van der Waals surface area contributed by atoms with Gasteiger partial charge < -0.3 is 10.6 Å². The topological polar surface area (TPSA) is 71.1 Å². The molecule has 5 heteroatoms. The molecule has 1 saturated carbocycles. The molecule has 1 fully saturated rings. The molecule has 27 heavy (non-hydrogen) atoms. The molecule has 2 N–H and O–H groups in total. The lowest BCUT2D eigenvalue weighted by Crippen LogP contribution is -2.35. The predicted molar refractivity (Wildman–Crippen MR) is 107 cm³/mol. The fraction of sp³-hybridized carbons (Fsp3) is 0.409. The van der Waals surface area contributed by atoms with Crippen molar-refractivity contribution < 1.29 is 9.59 Å². The number of aryl methyl sites for hydroxylation is 2. The van der Waals surface area contributed by atoms with Crippen LogP contribution in [0.2, 0.25) is 0 Å². The van der Waals surface area contributed by atoms with Gasteiger partial charge in [0.2, 0.25) is 0 Å². The molecule has 0 unspecified atom stereocenters. The maximum Gasteiger partial charge on any atom is 0.270 e. The van der Waals surface area contributed by atoms with Gasteiger partial charge in [-0.05, 0) is 62.1 Å². The van der Waals surface area contributed by atoms with Crippen molar-refractivity contribution in [2.24, 2.45) is 0 Å². The molecule has 0 spiro atoms. The van der Waals surface area contributed by atoms with Crippen LogP contribution in [0.5, 0.6) is 0 Å². The fourth-order valence-corrected chi connectivity index (χ4v) is 3.63. The number of nitrogens with one attached hydrogen (secondary N) is 2. The first-order chi connectivity index (χ1) is 13.0. The van der Waals surface area contributed by atoms with Gasteiger partial charge in [0.25, 0.3) is 11.8 Å². The minimum atomic E-state index is -0.245. The van der Waals surface area contributed by atoms with E-state index in [1.165, 1.54) is 19.0 Å². The van der Waals surface area contributed by atoms with E-state index < -0.39 is 0 Å². The van der Waals surface area contributed by atoms with Crippen molar-refractivity contribution in [1.29, 1.82) is 0 Å². The van der Waals surface area contributed by atoms with E-state index in [-0.39, 0.29) is 23.6 Å². The fourth-order valence-electron chi connectivity index (χ4n) is 3.63. The molecule has 0 atom stereocenters. The van der Waals surface area contributed by atoms with Crippen molar-refractivity contribution in [3.05, 3.63) is 58.9 Å². The van der Waals surface area contributed by atoms with Crippen LogP contribution in [0.3, 0.4) is 0 Å². The zero-order chi connectivity index (χ0) is 19.2. The van der Waals surface area contributed by atoms with E-state index in [4.69, 9.17) is 0 Å². The van der Waals surface area contributed by atoms with Crippen molar-refractivity contribution in [1.82, 2.24) is 10.3 Å². The van der Waals surface area contributed by atoms with E-state index >= 15 is 0 Å². The quantitative estimate of drug-likeness (QED) is 0.789. The lowest BCUT2D eigenvalue weighted by Gasteiger charge is -2.16. The smallest absolute Gasteiger partial charge is 0.270 e. The van der Waals surface area contributed by atoms with Gasteiger partial charge in [-0.25, -0.2) is 0 Å². The Hall–Kier alpha value is -2.69. The number of hydrogen-bond donors (Lipinski definition) is 2. The number of nitrogens with zero attached hydrogens (tertiary/aromatic N) is 1. The lowest BCUT2D eigenvalue weighted by molar-refractivity contribution is 0.0928. The van der Waals surface area contributed by atoms with Crippen molar-refractivity contribution in [2.75, 3.05) is 5.32 Å². The highest BCUT2D eigenvalue weighted by molar-refractivity contribution is 6.05. The summed E-state index contributed by atoms with van der Waals surface area (Å²) in [6, 6.07) is 9.29. The second kappa shape index (κ2) is 8.80. The zero-order valence-electron chi connectivity index (χ0n) is 16.0. The Morgan fingerprint density at radius 2 is 1.59 bits per heavy atom. The van der Waals surface area contributed by atoms with Crippen molar-refractivity contribution in [3.8, 4) is 0 Å². The maximum atomic E-state index is 12.6. The summed E-state index contributed by atoms with van der Waals surface area (Å²) in [7, 11) is 0. The molecule has 1 aliphatic rings. The molecule has 0 aliphatic heterocycles. The average Bonchev–Trinajstić information content (AvgIpc) is 2.89. The Bertz CT molecular complexity index is 804. The third kappa shape index (κ3) is 5.39. The number of pyridine rings is 1. The van der Waals surface area contributed by atoms with Crippen LogP contribution in [-0.2, 0) is 0 Å². The van der Waals surface area contributed by atoms with Crippen LogP contribution >= 0.6 is 0 Å². The van der Waals surface area contributed by atoms with Crippen LogP contribution in [0.1, 0.15) is 70.5 Å². The molecule has 1 aromatic carbocycles. The van der Waals surface area contributed by atoms with Crippen LogP contribution < -0.4 is 10.6 Å². The molecule has 0 radical (unpaired) electrons. The van der Waals surface area contributed by atoms with Crippen molar-refractivity contribution in [3.63, 3.8) is 0 Å². The largest absolute Gasteiger partial charge is 0.348 e. The summed E-state index contributed by atoms with van der Waals surface area (Å²) in [5.74, 6) is -0.450. The summed E-state index contributed by atoms with van der Waals surface area (Å²) in [5, 5.41) is 5.97. The minimum absolute atomic E-state index is 0.203. The molecule has 0 bridgehead atoms. The monoisotopic (exact) mass is 365 g/mol. The highest BCUT2D eigenvalue weighted by atomic mass is 16.2. The van der Waals surface area contributed by atoms with Crippen LogP contribution in [0.4, 0.5) is 5.69 Å². The van der Waals surface area contributed by atoms with E-state index in [1.54, 1.807) is 12.1 Å². The number of carbonyl (C=O) groups is 2. The molecule has 2 aromatic rings. The number of hydrogen-bond acceptors (Lipinski definition) is 3. The molecule has 142 valence electrons. The number of amides is 2. The predicted octanol–water partition coefficient (Wildman–Crippen LogP) is 4.40. The van der Waals surface area contributed by atoms with Gasteiger partial charge in [-0.15, -0.1) is 0 Å². The molecule has 1 aromatic heterocycles. The molecule has 2 amide bonds. The van der Waals surface area contributed by atoms with Gasteiger partial charge in [-0.2, -0.15) is 0 Å². The second-order valence-corrected chi connectivity index (χ2v) is 7.42. The maximum absolute atomic E-state index is 12.6. The number of carbonyl (C=O) groups excluding carboxylic acids is 2. The highest BCUT2D eigenvalue weighted by Gasteiger charge is 2.18. The SMILES string of the molecule is Cc1cc(C)cc(NC(=O)c2ccnc(C(=O)NC3CCCCCC3)c2)c1. The summed E-state index contributed by atoms with van der Waals surface area (Å²) in [5.41, 5.74) is 3.63. The zero-order valence-corrected chi connectivity index (χ0v) is 16.0. The van der Waals surface area contributed by atoms with Crippen LogP contribution in [0, 0.1) is 13.8 Å². The minimum Gasteiger partial charge on any atom is -0.348 e. The van der Waals surface area contributed by atoms with Crippen LogP contribution in [0.15, 0.2) is 36.5 Å². The molecule has 1 heterocycles. The van der Waals surface area contributed by atoms with Gasteiger partial charge in [0.05, 0.1) is 0 Å². The van der Waals surface area contributed by atoms with Crippen LogP contribution in [-0.4, -0.2) is 22.8 Å². The third-order valence-corrected chi connectivity index (χ3v) is 4.92. The van der Waals surface area contributed by atoms with E-state index in [1.807, 2.05) is 26.0 Å². The first kappa shape index (κ1) is 19.1. The Labute approximate surface area is 160 Å². The highest BCUT2D eigenvalue weighted by Crippen LogP contribution is 2.18. The third-order valence-electron chi connectivity index (χ3n) is 4.92. The second-order valence-electron chi connectivity index (χ2n) is 7.42. The van der Waals surface area contributed by atoms with Gasteiger partial charge in [-0.3, -0.25) is 14.6 Å². The van der Waals surface area contributed by atoms with E-state index in [0.29, 0.717) is 5.56 Å². The normalized spacial score (nSPS) is 15.0. The number of aromatic nitrogens is 1. The number of benzene rings is 1. The first-order valence-corrected chi connectivity index (χ1v) is 9.68. The molecule has 0 saturated heterocycles. The summed E-state index contributed by atoms with van der Waals surface area (Å²) in [4.78, 5) is 29.3. The number of anilines is 1. The molecule has 1 aliphatic carbocycles. The van der Waals surface area contributed by atoms with E-state index in [0.717, 1.165) is 42.5 Å². The van der Waals surface area contributed by atoms with Crippen molar-refractivity contribution in [2.45, 2.75) is 58.4 Å². The average molecular weight is 365 g/mol. The molecule has 3 rings (SSSR count). The summed E-state index contributed by atoms with van der Waals surface area (Å²) >= 11 is 0.